The summed E-state index contributed by atoms with van der Waals surface area (Å²) in [7, 11) is -3.11. The van der Waals surface area contributed by atoms with E-state index in [1.54, 1.807) is 24.3 Å². The Bertz CT molecular complexity index is 484. The second kappa shape index (κ2) is 6.53. The normalized spacial score (nSPS) is 23.6. The lowest BCUT2D eigenvalue weighted by atomic mass is 10.0. The highest BCUT2D eigenvalue weighted by Gasteiger charge is 2.28. The fourth-order valence-electron chi connectivity index (χ4n) is 2.97. The Morgan fingerprint density at radius 2 is 1.95 bits per heavy atom. The highest BCUT2D eigenvalue weighted by molar-refractivity contribution is 7.91. The van der Waals surface area contributed by atoms with Gasteiger partial charge in [0.2, 0.25) is 0 Å². The summed E-state index contributed by atoms with van der Waals surface area (Å²) >= 11 is 0. The van der Waals surface area contributed by atoms with Crippen molar-refractivity contribution in [2.45, 2.75) is 43.5 Å². The van der Waals surface area contributed by atoms with E-state index in [9.17, 15) is 8.42 Å². The first-order chi connectivity index (χ1) is 9.13. The molecule has 2 atom stereocenters. The number of sulfone groups is 1. The molecule has 0 aromatic heterocycles. The minimum Gasteiger partial charge on any atom is -0.314 e. The number of nitrogens with one attached hydrogen (secondary N) is 1. The second-order valence-electron chi connectivity index (χ2n) is 5.28. The summed E-state index contributed by atoms with van der Waals surface area (Å²) in [6, 6.07) is 9.29. The van der Waals surface area contributed by atoms with E-state index >= 15 is 0 Å². The molecule has 1 aliphatic carbocycles. The Balaban J connectivity index is 1.95. The maximum absolute atomic E-state index is 12.2. The van der Waals surface area contributed by atoms with E-state index in [0.29, 0.717) is 16.9 Å². The summed E-state index contributed by atoms with van der Waals surface area (Å²) in [5.74, 6) is 0.780. The molecule has 0 heterocycles. The number of hydrogen-bond donors (Lipinski definition) is 1. The van der Waals surface area contributed by atoms with Crippen molar-refractivity contribution in [1.29, 1.82) is 0 Å². The van der Waals surface area contributed by atoms with Gasteiger partial charge in [0.1, 0.15) is 0 Å². The fraction of sp³-hybridized carbons (Fsp3) is 0.600. The van der Waals surface area contributed by atoms with E-state index < -0.39 is 9.84 Å². The summed E-state index contributed by atoms with van der Waals surface area (Å²) in [4.78, 5) is 0.452. The molecule has 1 aliphatic rings. The van der Waals surface area contributed by atoms with Crippen LogP contribution in [0.15, 0.2) is 35.2 Å². The lowest BCUT2D eigenvalue weighted by Gasteiger charge is -2.20. The van der Waals surface area contributed by atoms with E-state index in [4.69, 9.17) is 0 Å². The Kier molecular flexibility index (Phi) is 4.99. The van der Waals surface area contributed by atoms with Crippen molar-refractivity contribution in [3.63, 3.8) is 0 Å². The maximum Gasteiger partial charge on any atom is 0.178 e. The molecule has 106 valence electrons. The summed E-state index contributed by atoms with van der Waals surface area (Å²) in [5, 5.41) is 3.48. The van der Waals surface area contributed by atoms with Crippen molar-refractivity contribution < 1.29 is 8.42 Å². The van der Waals surface area contributed by atoms with Gasteiger partial charge in [-0.2, -0.15) is 0 Å². The van der Waals surface area contributed by atoms with Gasteiger partial charge in [0.25, 0.3) is 0 Å². The van der Waals surface area contributed by atoms with Crippen LogP contribution in [0.25, 0.3) is 0 Å². The predicted octanol–water partition coefficient (Wildman–Crippen LogP) is 2.63. The third-order valence-electron chi connectivity index (χ3n) is 3.99. The number of rotatable bonds is 6. The molecule has 4 heteroatoms. The van der Waals surface area contributed by atoms with E-state index in [2.05, 4.69) is 12.2 Å². The van der Waals surface area contributed by atoms with E-state index in [-0.39, 0.29) is 5.75 Å². The van der Waals surface area contributed by atoms with Crippen LogP contribution in [0.4, 0.5) is 0 Å². The quantitative estimate of drug-likeness (QED) is 0.872. The molecule has 19 heavy (non-hydrogen) atoms. The molecule has 0 saturated heterocycles. The summed E-state index contributed by atoms with van der Waals surface area (Å²) in [6.07, 6.45) is 4.33. The largest absolute Gasteiger partial charge is 0.314 e. The van der Waals surface area contributed by atoms with Crippen molar-refractivity contribution in [2.75, 3.05) is 12.3 Å². The average molecular weight is 281 g/mol. The molecule has 1 aromatic rings. The van der Waals surface area contributed by atoms with Crippen molar-refractivity contribution in [2.24, 2.45) is 5.92 Å². The second-order valence-corrected chi connectivity index (χ2v) is 7.38. The van der Waals surface area contributed by atoms with Gasteiger partial charge in [0.15, 0.2) is 9.84 Å². The van der Waals surface area contributed by atoms with Crippen LogP contribution in [0.3, 0.4) is 0 Å². The van der Waals surface area contributed by atoms with E-state index in [1.807, 2.05) is 6.07 Å². The zero-order chi connectivity index (χ0) is 13.7. The zero-order valence-electron chi connectivity index (χ0n) is 11.5. The molecule has 1 fully saturated rings. The monoisotopic (exact) mass is 281 g/mol. The Labute approximate surface area is 116 Å². The smallest absolute Gasteiger partial charge is 0.178 e. The third kappa shape index (κ3) is 3.80. The van der Waals surface area contributed by atoms with Gasteiger partial charge >= 0.3 is 0 Å². The van der Waals surface area contributed by atoms with Crippen LogP contribution in [-0.2, 0) is 9.84 Å². The minimum absolute atomic E-state index is 0.267. The third-order valence-corrected chi connectivity index (χ3v) is 5.75. The highest BCUT2D eigenvalue weighted by Crippen LogP contribution is 2.29. The summed E-state index contributed by atoms with van der Waals surface area (Å²) in [5.41, 5.74) is 0. The maximum atomic E-state index is 12.2. The Morgan fingerprint density at radius 1 is 1.21 bits per heavy atom. The first-order valence-corrected chi connectivity index (χ1v) is 8.80. The van der Waals surface area contributed by atoms with E-state index in [0.717, 1.165) is 19.4 Å². The predicted molar refractivity (Wildman–Crippen MR) is 77.9 cm³/mol. The molecule has 2 rings (SSSR count). The van der Waals surface area contributed by atoms with Gasteiger partial charge in [-0.15, -0.1) is 0 Å². The van der Waals surface area contributed by atoms with Gasteiger partial charge in [-0.1, -0.05) is 31.5 Å². The van der Waals surface area contributed by atoms with Gasteiger partial charge in [0.05, 0.1) is 10.6 Å². The Hall–Kier alpha value is -0.870. The lowest BCUT2D eigenvalue weighted by molar-refractivity contribution is 0.398. The summed E-state index contributed by atoms with van der Waals surface area (Å²) in [6.45, 7) is 3.07. The molecule has 0 amide bonds. The molecule has 1 saturated carbocycles. The molecule has 0 radical (unpaired) electrons. The number of hydrogen-bond acceptors (Lipinski definition) is 3. The van der Waals surface area contributed by atoms with Crippen molar-refractivity contribution in [3.05, 3.63) is 30.3 Å². The standard InChI is InChI=1S/C15H23NO2S/c1-2-16-15-10-6-7-13(15)11-12-19(17,18)14-8-4-3-5-9-14/h3-5,8-9,13,15-16H,2,6-7,10-12H2,1H3. The van der Waals surface area contributed by atoms with Crippen molar-refractivity contribution >= 4 is 9.84 Å². The van der Waals surface area contributed by atoms with Crippen LogP contribution in [0.2, 0.25) is 0 Å². The van der Waals surface area contributed by atoms with Gasteiger partial charge in [-0.3, -0.25) is 0 Å². The minimum atomic E-state index is -3.11. The molecule has 1 N–H and O–H groups in total. The Morgan fingerprint density at radius 3 is 2.63 bits per heavy atom. The zero-order valence-corrected chi connectivity index (χ0v) is 12.3. The first-order valence-electron chi connectivity index (χ1n) is 7.14. The molecule has 0 bridgehead atoms. The van der Waals surface area contributed by atoms with Crippen molar-refractivity contribution in [3.8, 4) is 0 Å². The lowest BCUT2D eigenvalue weighted by Crippen LogP contribution is -2.33. The van der Waals surface area contributed by atoms with Crippen molar-refractivity contribution in [1.82, 2.24) is 5.32 Å². The molecule has 0 aliphatic heterocycles. The first kappa shape index (κ1) is 14.5. The molecule has 1 aromatic carbocycles. The van der Waals surface area contributed by atoms with Crippen LogP contribution in [0, 0.1) is 5.92 Å². The van der Waals surface area contributed by atoms with Crippen LogP contribution in [-0.4, -0.2) is 26.8 Å². The molecule has 2 unspecified atom stereocenters. The SMILES string of the molecule is CCNC1CCCC1CCS(=O)(=O)c1ccccc1. The van der Waals surface area contributed by atoms with Gasteiger partial charge < -0.3 is 5.32 Å². The highest BCUT2D eigenvalue weighted by atomic mass is 32.2. The molecular weight excluding hydrogens is 258 g/mol. The molecule has 3 nitrogen and oxygen atoms in total. The topological polar surface area (TPSA) is 46.2 Å². The van der Waals surface area contributed by atoms with Gasteiger partial charge in [0, 0.05) is 6.04 Å². The van der Waals surface area contributed by atoms with Crippen LogP contribution in [0.1, 0.15) is 32.6 Å². The fourth-order valence-corrected chi connectivity index (χ4v) is 4.39. The summed E-state index contributed by atoms with van der Waals surface area (Å²) < 4.78 is 24.5. The number of benzene rings is 1. The van der Waals surface area contributed by atoms with Gasteiger partial charge in [-0.25, -0.2) is 8.42 Å². The molecular formula is C15H23NO2S. The van der Waals surface area contributed by atoms with Crippen LogP contribution in [0.5, 0.6) is 0 Å². The average Bonchev–Trinajstić information content (AvgIpc) is 2.86. The van der Waals surface area contributed by atoms with Crippen LogP contribution < -0.4 is 5.32 Å². The van der Waals surface area contributed by atoms with Crippen LogP contribution >= 0.6 is 0 Å². The van der Waals surface area contributed by atoms with E-state index in [1.165, 1.54) is 12.8 Å². The molecule has 0 spiro atoms. The van der Waals surface area contributed by atoms with Gasteiger partial charge in [-0.05, 0) is 43.9 Å².